The van der Waals surface area contributed by atoms with Gasteiger partial charge in [-0.25, -0.2) is 5.01 Å². The predicted molar refractivity (Wildman–Crippen MR) is 111 cm³/mol. The number of amides is 2. The van der Waals surface area contributed by atoms with Gasteiger partial charge in [0.1, 0.15) is 17.6 Å². The van der Waals surface area contributed by atoms with E-state index in [1.165, 1.54) is 5.01 Å². The number of nitrogens with zero attached hydrogens (tertiary/aromatic N) is 3. The van der Waals surface area contributed by atoms with Gasteiger partial charge in [-0.3, -0.25) is 14.5 Å². The SMILES string of the molecule is COc1ccc(C2=NN(C(=O)CN3CCC[C@H](C(N)=O)C3)[C@H](c3ccco3)C2)cc1. The highest BCUT2D eigenvalue weighted by molar-refractivity contribution is 6.03. The molecule has 8 nitrogen and oxygen atoms in total. The summed E-state index contributed by atoms with van der Waals surface area (Å²) >= 11 is 0. The molecule has 1 fully saturated rings. The van der Waals surface area contributed by atoms with Crippen molar-refractivity contribution in [2.45, 2.75) is 25.3 Å². The molecule has 1 aromatic heterocycles. The molecule has 1 saturated heterocycles. The maximum Gasteiger partial charge on any atom is 0.257 e. The van der Waals surface area contributed by atoms with Crippen LogP contribution in [0, 0.1) is 5.92 Å². The Morgan fingerprint density at radius 2 is 2.07 bits per heavy atom. The zero-order valence-corrected chi connectivity index (χ0v) is 17.0. The van der Waals surface area contributed by atoms with Gasteiger partial charge >= 0.3 is 0 Å². The molecule has 30 heavy (non-hydrogen) atoms. The van der Waals surface area contributed by atoms with Gasteiger partial charge in [-0.1, -0.05) is 0 Å². The third kappa shape index (κ3) is 4.23. The molecule has 3 heterocycles. The third-order valence-corrected chi connectivity index (χ3v) is 5.73. The second-order valence-electron chi connectivity index (χ2n) is 7.73. The van der Waals surface area contributed by atoms with Crippen LogP contribution >= 0.6 is 0 Å². The van der Waals surface area contributed by atoms with Crippen LogP contribution < -0.4 is 10.5 Å². The summed E-state index contributed by atoms with van der Waals surface area (Å²) < 4.78 is 10.8. The lowest BCUT2D eigenvalue weighted by Crippen LogP contribution is -2.45. The molecule has 2 aromatic rings. The van der Waals surface area contributed by atoms with Crippen LogP contribution in [0.1, 0.15) is 36.6 Å². The van der Waals surface area contributed by atoms with Crippen LogP contribution in [0.3, 0.4) is 0 Å². The lowest BCUT2D eigenvalue weighted by atomic mass is 9.97. The van der Waals surface area contributed by atoms with Crippen molar-refractivity contribution in [3.8, 4) is 5.75 Å². The van der Waals surface area contributed by atoms with Crippen molar-refractivity contribution in [3.63, 3.8) is 0 Å². The van der Waals surface area contributed by atoms with Crippen LogP contribution in [-0.2, 0) is 9.59 Å². The van der Waals surface area contributed by atoms with E-state index in [-0.39, 0.29) is 30.3 Å². The van der Waals surface area contributed by atoms with Crippen LogP contribution in [0.25, 0.3) is 0 Å². The van der Waals surface area contributed by atoms with Gasteiger partial charge in [0.2, 0.25) is 5.91 Å². The Morgan fingerprint density at radius 3 is 2.73 bits per heavy atom. The average Bonchev–Trinajstić information content (AvgIpc) is 3.44. The number of benzene rings is 1. The molecule has 0 unspecified atom stereocenters. The summed E-state index contributed by atoms with van der Waals surface area (Å²) in [4.78, 5) is 26.7. The zero-order valence-electron chi connectivity index (χ0n) is 17.0. The van der Waals surface area contributed by atoms with Crippen molar-refractivity contribution in [2.75, 3.05) is 26.7 Å². The van der Waals surface area contributed by atoms with E-state index in [1.54, 1.807) is 13.4 Å². The average molecular weight is 410 g/mol. The second kappa shape index (κ2) is 8.71. The van der Waals surface area contributed by atoms with Gasteiger partial charge in [-0.05, 0) is 61.3 Å². The number of hydrazone groups is 1. The second-order valence-corrected chi connectivity index (χ2v) is 7.73. The molecular weight excluding hydrogens is 384 g/mol. The minimum Gasteiger partial charge on any atom is -0.497 e. The van der Waals surface area contributed by atoms with Gasteiger partial charge in [-0.15, -0.1) is 0 Å². The highest BCUT2D eigenvalue weighted by atomic mass is 16.5. The van der Waals surface area contributed by atoms with E-state index in [0.717, 1.165) is 36.4 Å². The summed E-state index contributed by atoms with van der Waals surface area (Å²) in [6.07, 6.45) is 3.79. The lowest BCUT2D eigenvalue weighted by Gasteiger charge is -2.31. The van der Waals surface area contributed by atoms with E-state index >= 15 is 0 Å². The normalized spacial score (nSPS) is 22.0. The summed E-state index contributed by atoms with van der Waals surface area (Å²) in [5.41, 5.74) is 7.23. The smallest absolute Gasteiger partial charge is 0.257 e. The lowest BCUT2D eigenvalue weighted by molar-refractivity contribution is -0.136. The molecule has 0 aliphatic carbocycles. The maximum absolute atomic E-state index is 13.2. The minimum atomic E-state index is -0.304. The number of hydrogen-bond acceptors (Lipinski definition) is 6. The Balaban J connectivity index is 1.53. The number of primary amides is 1. The number of furan rings is 1. The van der Waals surface area contributed by atoms with Crippen molar-refractivity contribution < 1.29 is 18.7 Å². The molecule has 4 rings (SSSR count). The Bertz CT molecular complexity index is 923. The number of carbonyl (C=O) groups excluding carboxylic acids is 2. The molecule has 0 radical (unpaired) electrons. The van der Waals surface area contributed by atoms with Gasteiger partial charge < -0.3 is 14.9 Å². The van der Waals surface area contributed by atoms with Gasteiger partial charge in [0.05, 0.1) is 31.5 Å². The van der Waals surface area contributed by atoms with Crippen LogP contribution in [0.2, 0.25) is 0 Å². The standard InChI is InChI=1S/C22H26N4O4/c1-29-17-8-6-15(7-9-17)18-12-19(20-5-3-11-30-20)26(24-18)21(27)14-25-10-2-4-16(13-25)22(23)28/h3,5-9,11,16,19H,2,4,10,12-14H2,1H3,(H2,23,28)/t16-,19-/m0/s1. The molecule has 2 N–H and O–H groups in total. The molecule has 2 aliphatic rings. The first kappa shape index (κ1) is 20.2. The number of methoxy groups -OCH3 is 1. The van der Waals surface area contributed by atoms with Crippen LogP contribution in [0.5, 0.6) is 5.75 Å². The van der Waals surface area contributed by atoms with Crippen molar-refractivity contribution in [2.24, 2.45) is 16.8 Å². The van der Waals surface area contributed by atoms with Crippen LogP contribution in [0.4, 0.5) is 0 Å². The van der Waals surface area contributed by atoms with E-state index < -0.39 is 0 Å². The Morgan fingerprint density at radius 1 is 1.27 bits per heavy atom. The molecule has 2 aliphatic heterocycles. The quantitative estimate of drug-likeness (QED) is 0.786. The number of likely N-dealkylation sites (tertiary alicyclic amines) is 1. The molecule has 8 heteroatoms. The Hall–Kier alpha value is -3.13. The van der Waals surface area contributed by atoms with E-state index in [1.807, 2.05) is 41.3 Å². The first-order valence-corrected chi connectivity index (χ1v) is 10.1. The Labute approximate surface area is 175 Å². The van der Waals surface area contributed by atoms with Crippen LogP contribution in [-0.4, -0.2) is 54.2 Å². The number of rotatable bonds is 6. The summed E-state index contributed by atoms with van der Waals surface area (Å²) in [6, 6.07) is 11.0. The number of nitrogens with two attached hydrogens (primary N) is 1. The van der Waals surface area contributed by atoms with Crippen molar-refractivity contribution >= 4 is 17.5 Å². The van der Waals surface area contributed by atoms with Gasteiger partial charge in [0, 0.05) is 13.0 Å². The molecule has 2 atom stereocenters. The van der Waals surface area contributed by atoms with Crippen molar-refractivity contribution in [1.82, 2.24) is 9.91 Å². The molecule has 0 bridgehead atoms. The topological polar surface area (TPSA) is 101 Å². The molecular formula is C22H26N4O4. The predicted octanol–water partition coefficient (Wildman–Crippen LogP) is 2.16. The van der Waals surface area contributed by atoms with Gasteiger partial charge in [-0.2, -0.15) is 5.10 Å². The number of piperidine rings is 1. The van der Waals surface area contributed by atoms with E-state index in [2.05, 4.69) is 5.10 Å². The summed E-state index contributed by atoms with van der Waals surface area (Å²) in [7, 11) is 1.62. The maximum atomic E-state index is 13.2. The molecule has 2 amide bonds. The third-order valence-electron chi connectivity index (χ3n) is 5.73. The summed E-state index contributed by atoms with van der Waals surface area (Å²) in [5, 5.41) is 6.17. The molecule has 158 valence electrons. The summed E-state index contributed by atoms with van der Waals surface area (Å²) in [5.74, 6) is 0.835. The highest BCUT2D eigenvalue weighted by Gasteiger charge is 2.36. The summed E-state index contributed by atoms with van der Waals surface area (Å²) in [6.45, 7) is 1.47. The Kier molecular flexibility index (Phi) is 5.85. The molecule has 1 aromatic carbocycles. The molecule has 0 saturated carbocycles. The number of ether oxygens (including phenoxy) is 1. The fourth-order valence-electron chi connectivity index (χ4n) is 4.10. The van der Waals surface area contributed by atoms with E-state index in [0.29, 0.717) is 18.7 Å². The van der Waals surface area contributed by atoms with Gasteiger partial charge in [0.25, 0.3) is 5.91 Å². The minimum absolute atomic E-state index is 0.120. The first-order valence-electron chi connectivity index (χ1n) is 10.1. The number of carbonyl (C=O) groups is 2. The fraction of sp³-hybridized carbons (Fsp3) is 0.409. The highest BCUT2D eigenvalue weighted by Crippen LogP contribution is 2.33. The first-order chi connectivity index (χ1) is 14.5. The van der Waals surface area contributed by atoms with Gasteiger partial charge in [0.15, 0.2) is 0 Å². The van der Waals surface area contributed by atoms with Crippen molar-refractivity contribution in [1.29, 1.82) is 0 Å². The number of hydrogen-bond donors (Lipinski definition) is 1. The van der Waals surface area contributed by atoms with E-state index in [4.69, 9.17) is 14.9 Å². The van der Waals surface area contributed by atoms with Crippen LogP contribution in [0.15, 0.2) is 52.2 Å². The monoisotopic (exact) mass is 410 g/mol. The van der Waals surface area contributed by atoms with Crippen molar-refractivity contribution in [3.05, 3.63) is 54.0 Å². The molecule has 0 spiro atoms. The zero-order chi connectivity index (χ0) is 21.1. The van der Waals surface area contributed by atoms with E-state index in [9.17, 15) is 9.59 Å². The fourth-order valence-corrected chi connectivity index (χ4v) is 4.10. The largest absolute Gasteiger partial charge is 0.497 e.